The second-order valence-corrected chi connectivity index (χ2v) is 5.23. The lowest BCUT2D eigenvalue weighted by Crippen LogP contribution is -2.01. The summed E-state index contributed by atoms with van der Waals surface area (Å²) in [5, 5.41) is 0. The van der Waals surface area contributed by atoms with Gasteiger partial charge in [0.25, 0.3) is 0 Å². The van der Waals surface area contributed by atoms with Gasteiger partial charge in [0.15, 0.2) is 0 Å². The molecule has 2 aromatic rings. The van der Waals surface area contributed by atoms with Crippen molar-refractivity contribution in [2.24, 2.45) is 0 Å². The summed E-state index contributed by atoms with van der Waals surface area (Å²) in [5.74, 6) is 1.60. The molecule has 0 aliphatic heterocycles. The largest absolute Gasteiger partial charge is 0.494 e. The third-order valence-corrected chi connectivity index (χ3v) is 3.70. The Balaban J connectivity index is 1.66. The zero-order valence-electron chi connectivity index (χ0n) is 12.5. The number of aromatic nitrogens is 2. The molecule has 1 aromatic heterocycles. The molecule has 0 fully saturated rings. The number of aryl methyl sites for hydroxylation is 1. The molecule has 3 nitrogen and oxygen atoms in total. The SMILES string of the molecule is CC[C@@H](C)c1ccc(OCCCCn2ccnc2)cc1. The van der Waals surface area contributed by atoms with Crippen LogP contribution in [0.2, 0.25) is 0 Å². The Morgan fingerprint density at radius 2 is 2.00 bits per heavy atom. The second-order valence-electron chi connectivity index (χ2n) is 5.23. The van der Waals surface area contributed by atoms with E-state index in [-0.39, 0.29) is 0 Å². The van der Waals surface area contributed by atoms with Crippen LogP contribution in [0, 0.1) is 0 Å². The Kier molecular flexibility index (Phi) is 5.66. The number of unbranched alkanes of at least 4 members (excludes halogenated alkanes) is 1. The Morgan fingerprint density at radius 3 is 2.65 bits per heavy atom. The number of imidazole rings is 1. The molecule has 2 rings (SSSR count). The van der Waals surface area contributed by atoms with Crippen molar-refractivity contribution in [3.05, 3.63) is 48.5 Å². The first-order valence-electron chi connectivity index (χ1n) is 7.48. The fraction of sp³-hybridized carbons (Fsp3) is 0.471. The van der Waals surface area contributed by atoms with Crippen LogP contribution in [-0.2, 0) is 6.54 Å². The normalized spacial score (nSPS) is 12.3. The van der Waals surface area contributed by atoms with E-state index in [2.05, 4.69) is 47.7 Å². The van der Waals surface area contributed by atoms with E-state index in [4.69, 9.17) is 4.74 Å². The Hall–Kier alpha value is -1.77. The molecule has 20 heavy (non-hydrogen) atoms. The van der Waals surface area contributed by atoms with Crippen molar-refractivity contribution in [1.29, 1.82) is 0 Å². The van der Waals surface area contributed by atoms with Crippen LogP contribution in [0.25, 0.3) is 0 Å². The summed E-state index contributed by atoms with van der Waals surface area (Å²) in [6.45, 7) is 6.26. The fourth-order valence-corrected chi connectivity index (χ4v) is 2.13. The Labute approximate surface area is 121 Å². The second kappa shape index (κ2) is 7.73. The molecule has 0 bridgehead atoms. The predicted octanol–water partition coefficient (Wildman–Crippen LogP) is 4.26. The highest BCUT2D eigenvalue weighted by atomic mass is 16.5. The maximum absolute atomic E-state index is 5.77. The number of benzene rings is 1. The van der Waals surface area contributed by atoms with Crippen LogP contribution in [0.1, 0.15) is 44.6 Å². The molecule has 0 radical (unpaired) electrons. The summed E-state index contributed by atoms with van der Waals surface area (Å²) in [5.41, 5.74) is 1.39. The van der Waals surface area contributed by atoms with Crippen molar-refractivity contribution < 1.29 is 4.74 Å². The molecule has 0 amide bonds. The molecular weight excluding hydrogens is 248 g/mol. The van der Waals surface area contributed by atoms with Crippen LogP contribution < -0.4 is 4.74 Å². The number of hydrogen-bond acceptors (Lipinski definition) is 2. The molecule has 0 spiro atoms. The first-order chi connectivity index (χ1) is 9.79. The highest BCUT2D eigenvalue weighted by Crippen LogP contribution is 2.21. The minimum atomic E-state index is 0.624. The molecule has 1 atom stereocenters. The first kappa shape index (κ1) is 14.6. The van der Waals surface area contributed by atoms with Gasteiger partial charge in [0, 0.05) is 18.9 Å². The standard InChI is InChI=1S/C17H24N2O/c1-3-15(2)16-6-8-17(9-7-16)20-13-5-4-11-19-12-10-18-14-19/h6-10,12,14-15H,3-5,11,13H2,1-2H3/t15-/m1/s1. The van der Waals surface area contributed by atoms with Gasteiger partial charge in [-0.3, -0.25) is 0 Å². The summed E-state index contributed by atoms with van der Waals surface area (Å²) in [7, 11) is 0. The maximum atomic E-state index is 5.77. The predicted molar refractivity (Wildman–Crippen MR) is 82.1 cm³/mol. The van der Waals surface area contributed by atoms with Crippen LogP contribution in [0.3, 0.4) is 0 Å². The number of hydrogen-bond donors (Lipinski definition) is 0. The van der Waals surface area contributed by atoms with Gasteiger partial charge in [0.1, 0.15) is 5.75 Å². The van der Waals surface area contributed by atoms with Gasteiger partial charge < -0.3 is 9.30 Å². The lowest BCUT2D eigenvalue weighted by Gasteiger charge is -2.10. The van der Waals surface area contributed by atoms with E-state index >= 15 is 0 Å². The molecular formula is C17H24N2O. The van der Waals surface area contributed by atoms with Gasteiger partial charge in [-0.05, 0) is 42.9 Å². The van der Waals surface area contributed by atoms with Crippen LogP contribution in [0.5, 0.6) is 5.75 Å². The number of rotatable bonds is 8. The molecule has 0 saturated carbocycles. The van der Waals surface area contributed by atoms with Crippen molar-refractivity contribution in [3.63, 3.8) is 0 Å². The smallest absolute Gasteiger partial charge is 0.119 e. The van der Waals surface area contributed by atoms with Crippen molar-refractivity contribution in [2.45, 2.75) is 45.6 Å². The fourth-order valence-electron chi connectivity index (χ4n) is 2.13. The highest BCUT2D eigenvalue weighted by Gasteiger charge is 2.02. The highest BCUT2D eigenvalue weighted by molar-refractivity contribution is 5.29. The van der Waals surface area contributed by atoms with E-state index in [1.807, 2.05) is 18.7 Å². The molecule has 0 unspecified atom stereocenters. The van der Waals surface area contributed by atoms with Gasteiger partial charge in [-0.15, -0.1) is 0 Å². The zero-order valence-corrected chi connectivity index (χ0v) is 12.5. The molecule has 3 heteroatoms. The van der Waals surface area contributed by atoms with Crippen LogP contribution in [-0.4, -0.2) is 16.2 Å². The van der Waals surface area contributed by atoms with Crippen molar-refractivity contribution in [3.8, 4) is 5.75 Å². The van der Waals surface area contributed by atoms with E-state index in [0.717, 1.165) is 31.7 Å². The summed E-state index contributed by atoms with van der Waals surface area (Å²) < 4.78 is 7.87. The lowest BCUT2D eigenvalue weighted by molar-refractivity contribution is 0.303. The van der Waals surface area contributed by atoms with E-state index in [1.54, 1.807) is 0 Å². The van der Waals surface area contributed by atoms with Crippen LogP contribution in [0.4, 0.5) is 0 Å². The molecule has 0 aliphatic carbocycles. The topological polar surface area (TPSA) is 27.1 Å². The zero-order chi connectivity index (χ0) is 14.2. The van der Waals surface area contributed by atoms with Crippen molar-refractivity contribution in [1.82, 2.24) is 9.55 Å². The molecule has 0 aliphatic rings. The minimum absolute atomic E-state index is 0.624. The lowest BCUT2D eigenvalue weighted by atomic mass is 9.99. The van der Waals surface area contributed by atoms with Gasteiger partial charge in [0.2, 0.25) is 0 Å². The average molecular weight is 272 g/mol. The van der Waals surface area contributed by atoms with Gasteiger partial charge in [-0.2, -0.15) is 0 Å². The van der Waals surface area contributed by atoms with E-state index in [1.165, 1.54) is 12.0 Å². The van der Waals surface area contributed by atoms with E-state index in [0.29, 0.717) is 5.92 Å². The summed E-state index contributed by atoms with van der Waals surface area (Å²) in [4.78, 5) is 4.03. The molecule has 1 heterocycles. The average Bonchev–Trinajstić information content (AvgIpc) is 3.00. The minimum Gasteiger partial charge on any atom is -0.494 e. The number of nitrogens with zero attached hydrogens (tertiary/aromatic N) is 2. The Morgan fingerprint density at radius 1 is 1.20 bits per heavy atom. The van der Waals surface area contributed by atoms with Crippen LogP contribution in [0.15, 0.2) is 43.0 Å². The summed E-state index contributed by atoms with van der Waals surface area (Å²) >= 11 is 0. The molecule has 108 valence electrons. The van der Waals surface area contributed by atoms with Crippen molar-refractivity contribution >= 4 is 0 Å². The van der Waals surface area contributed by atoms with Gasteiger partial charge in [-0.25, -0.2) is 4.98 Å². The quantitative estimate of drug-likeness (QED) is 0.671. The summed E-state index contributed by atoms with van der Waals surface area (Å²) in [6, 6.07) is 8.51. The van der Waals surface area contributed by atoms with E-state index < -0.39 is 0 Å². The van der Waals surface area contributed by atoms with E-state index in [9.17, 15) is 0 Å². The third-order valence-electron chi connectivity index (χ3n) is 3.70. The van der Waals surface area contributed by atoms with Gasteiger partial charge in [-0.1, -0.05) is 26.0 Å². The van der Waals surface area contributed by atoms with Gasteiger partial charge in [0.05, 0.1) is 12.9 Å². The molecule has 0 saturated heterocycles. The number of ether oxygens (including phenoxy) is 1. The summed E-state index contributed by atoms with van der Waals surface area (Å²) in [6.07, 6.45) is 9.01. The molecule has 1 aromatic carbocycles. The molecule has 0 N–H and O–H groups in total. The maximum Gasteiger partial charge on any atom is 0.119 e. The monoisotopic (exact) mass is 272 g/mol. The third kappa shape index (κ3) is 4.41. The van der Waals surface area contributed by atoms with Gasteiger partial charge >= 0.3 is 0 Å². The van der Waals surface area contributed by atoms with Crippen LogP contribution >= 0.6 is 0 Å². The van der Waals surface area contributed by atoms with Crippen molar-refractivity contribution in [2.75, 3.05) is 6.61 Å². The Bertz CT molecular complexity index is 476. The first-order valence-corrected chi connectivity index (χ1v) is 7.48.